The minimum atomic E-state index is -0.116. The topological polar surface area (TPSA) is 45.8 Å². The molecule has 8 heavy (non-hydrogen) atoms. The van der Waals surface area contributed by atoms with Gasteiger partial charge in [-0.15, -0.1) is 0 Å². The van der Waals surface area contributed by atoms with Gasteiger partial charge in [0.2, 0.25) is 0 Å². The molecule has 0 saturated carbocycles. The molecule has 1 aromatic rings. The van der Waals surface area contributed by atoms with Crippen LogP contribution in [0, 0.1) is 0 Å². The van der Waals surface area contributed by atoms with E-state index in [0.717, 1.165) is 0 Å². The molecule has 3 nitrogen and oxygen atoms in total. The normalized spacial score (nSPS) is 7.50. The zero-order chi connectivity index (χ0) is 5.11. The van der Waals surface area contributed by atoms with E-state index in [9.17, 15) is 4.79 Å². The minimum Gasteiger partial charge on any atom is -1.00 e. The summed E-state index contributed by atoms with van der Waals surface area (Å²) in [5, 5.41) is 0. The Hall–Kier alpha value is -0.120. The number of nitrogens with zero attached hydrogens (tertiary/aromatic N) is 1. The van der Waals surface area contributed by atoms with E-state index in [-0.39, 0.29) is 36.5 Å². The molecule has 0 aliphatic heterocycles. The van der Waals surface area contributed by atoms with Crippen molar-refractivity contribution >= 4 is 0 Å². The molecule has 1 heterocycles. The van der Waals surface area contributed by atoms with Crippen molar-refractivity contribution in [1.82, 2.24) is 9.97 Å². The molecule has 1 N–H and O–H groups in total. The van der Waals surface area contributed by atoms with Gasteiger partial charge in [0.1, 0.15) is 0 Å². The first-order chi connectivity index (χ1) is 3.39. The van der Waals surface area contributed by atoms with Gasteiger partial charge in [-0.05, 0) is 0 Å². The van der Waals surface area contributed by atoms with Gasteiger partial charge in [0.15, 0.2) is 0 Å². The van der Waals surface area contributed by atoms with Crippen LogP contribution in [0.25, 0.3) is 0 Å². The Morgan fingerprint density at radius 3 is 2.75 bits per heavy atom. The maximum absolute atomic E-state index is 10.2. The van der Waals surface area contributed by atoms with E-state index >= 15 is 0 Å². The van der Waals surface area contributed by atoms with Crippen LogP contribution in [0.4, 0.5) is 0 Å². The third-order valence-electron chi connectivity index (χ3n) is 0.593. The van der Waals surface area contributed by atoms with Crippen molar-refractivity contribution in [2.45, 2.75) is 0 Å². The van der Waals surface area contributed by atoms with Crippen LogP contribution in [-0.4, -0.2) is 9.97 Å². The molecule has 0 aliphatic carbocycles. The minimum absolute atomic E-state index is 0. The van der Waals surface area contributed by atoms with Gasteiger partial charge >= 0.3 is 29.6 Å². The molecule has 0 atom stereocenters. The van der Waals surface area contributed by atoms with Crippen LogP contribution in [0.5, 0.6) is 0 Å². The van der Waals surface area contributed by atoms with Crippen LogP contribution < -0.4 is 35.1 Å². The van der Waals surface area contributed by atoms with Gasteiger partial charge in [-0.25, -0.2) is 4.98 Å². The maximum Gasteiger partial charge on any atom is 1.00 e. The van der Waals surface area contributed by atoms with Crippen molar-refractivity contribution in [3.8, 4) is 0 Å². The molecule has 0 amide bonds. The Morgan fingerprint density at radius 2 is 2.50 bits per heavy atom. The predicted octanol–water partition coefficient (Wildman–Crippen LogP) is -3.11. The van der Waals surface area contributed by atoms with E-state index in [1.165, 1.54) is 18.6 Å². The molecule has 0 spiro atoms. The Bertz CT molecular complexity index is 184. The third kappa shape index (κ3) is 2.26. The molecule has 0 bridgehead atoms. The smallest absolute Gasteiger partial charge is 1.00 e. The van der Waals surface area contributed by atoms with Crippen LogP contribution in [0.1, 0.15) is 1.43 Å². The number of aromatic nitrogens is 2. The Morgan fingerprint density at radius 1 is 1.75 bits per heavy atom. The molecule has 0 saturated heterocycles. The summed E-state index contributed by atoms with van der Waals surface area (Å²) in [4.78, 5) is 16.1. The van der Waals surface area contributed by atoms with Gasteiger partial charge < -0.3 is 6.41 Å². The van der Waals surface area contributed by atoms with Crippen LogP contribution in [0.3, 0.4) is 0 Å². The van der Waals surface area contributed by atoms with Crippen LogP contribution >= 0.6 is 0 Å². The van der Waals surface area contributed by atoms with Crippen molar-refractivity contribution < 1.29 is 31.0 Å². The van der Waals surface area contributed by atoms with Gasteiger partial charge in [-0.2, -0.15) is 0 Å². The standard InChI is InChI=1S/C4H4N2O.Na.H/c7-4-1-2-5-3-6-4;;/h1-3H,(H,5,6,7);;/q;+1;-1. The SMILES string of the molecule is O=c1ccnc[nH]1.[H-].[Na+]. The first-order valence-electron chi connectivity index (χ1n) is 1.88. The Labute approximate surface area is 69.9 Å². The summed E-state index contributed by atoms with van der Waals surface area (Å²) in [5.74, 6) is 0. The fourth-order valence-electron chi connectivity index (χ4n) is 0.303. The number of aromatic amines is 1. The number of H-pyrrole nitrogens is 1. The molecule has 0 radical (unpaired) electrons. The van der Waals surface area contributed by atoms with E-state index in [1.807, 2.05) is 0 Å². The monoisotopic (exact) mass is 120 g/mol. The zero-order valence-electron chi connectivity index (χ0n) is 5.59. The molecule has 1 rings (SSSR count). The van der Waals surface area contributed by atoms with Gasteiger partial charge in [0, 0.05) is 12.3 Å². The van der Waals surface area contributed by atoms with E-state index in [0.29, 0.717) is 0 Å². The largest absolute Gasteiger partial charge is 1.00 e. The molecule has 0 aliphatic rings. The van der Waals surface area contributed by atoms with Crippen molar-refractivity contribution in [2.75, 3.05) is 0 Å². The number of hydrogen-bond donors (Lipinski definition) is 1. The number of rotatable bonds is 0. The third-order valence-corrected chi connectivity index (χ3v) is 0.593. The van der Waals surface area contributed by atoms with E-state index in [1.54, 1.807) is 0 Å². The van der Waals surface area contributed by atoms with Crippen molar-refractivity contribution in [3.63, 3.8) is 0 Å². The molecule has 1 aromatic heterocycles. The molecular formula is C4H5N2NaO. The quantitative estimate of drug-likeness (QED) is 0.368. The first kappa shape index (κ1) is 7.88. The Balaban J connectivity index is 0. The van der Waals surface area contributed by atoms with E-state index in [2.05, 4.69) is 9.97 Å². The fourth-order valence-corrected chi connectivity index (χ4v) is 0.303. The summed E-state index contributed by atoms with van der Waals surface area (Å²) in [7, 11) is 0. The summed E-state index contributed by atoms with van der Waals surface area (Å²) in [6, 6.07) is 1.36. The van der Waals surface area contributed by atoms with E-state index in [4.69, 9.17) is 0 Å². The molecule has 0 fully saturated rings. The average molecular weight is 120 g/mol. The van der Waals surface area contributed by atoms with Crippen LogP contribution in [-0.2, 0) is 0 Å². The van der Waals surface area contributed by atoms with Gasteiger partial charge in [0.05, 0.1) is 6.33 Å². The van der Waals surface area contributed by atoms with Crippen molar-refractivity contribution in [1.29, 1.82) is 0 Å². The summed E-state index contributed by atoms with van der Waals surface area (Å²) < 4.78 is 0. The molecular weight excluding hydrogens is 115 g/mol. The predicted molar refractivity (Wildman–Crippen MR) is 26.0 cm³/mol. The second-order valence-electron chi connectivity index (χ2n) is 1.10. The summed E-state index contributed by atoms with van der Waals surface area (Å²) in [6.45, 7) is 0. The van der Waals surface area contributed by atoms with Crippen LogP contribution in [0.2, 0.25) is 0 Å². The number of nitrogens with one attached hydrogen (secondary N) is 1. The molecule has 38 valence electrons. The van der Waals surface area contributed by atoms with Crippen molar-refractivity contribution in [3.05, 3.63) is 28.9 Å². The average Bonchev–Trinajstić information content (AvgIpc) is 1.69. The second kappa shape index (κ2) is 3.83. The van der Waals surface area contributed by atoms with Crippen LogP contribution in [0.15, 0.2) is 23.4 Å². The van der Waals surface area contributed by atoms with E-state index < -0.39 is 0 Å². The van der Waals surface area contributed by atoms with Gasteiger partial charge in [-0.1, -0.05) is 0 Å². The maximum atomic E-state index is 10.2. The number of hydrogen-bond acceptors (Lipinski definition) is 2. The molecule has 0 unspecified atom stereocenters. The molecule has 4 heteroatoms. The fraction of sp³-hybridized carbons (Fsp3) is 0. The molecule has 0 aromatic carbocycles. The summed E-state index contributed by atoms with van der Waals surface area (Å²) in [5.41, 5.74) is -0.116. The zero-order valence-corrected chi connectivity index (χ0v) is 6.59. The van der Waals surface area contributed by atoms with Gasteiger partial charge in [-0.3, -0.25) is 4.79 Å². The summed E-state index contributed by atoms with van der Waals surface area (Å²) >= 11 is 0. The Kier molecular flexibility index (Phi) is 3.77. The van der Waals surface area contributed by atoms with Gasteiger partial charge in [0.25, 0.3) is 5.56 Å². The second-order valence-corrected chi connectivity index (χ2v) is 1.10. The van der Waals surface area contributed by atoms with Crippen molar-refractivity contribution in [2.24, 2.45) is 0 Å². The summed E-state index contributed by atoms with van der Waals surface area (Å²) in [6.07, 6.45) is 2.79. The first-order valence-corrected chi connectivity index (χ1v) is 1.88.